The Morgan fingerprint density at radius 2 is 1.25 bits per heavy atom. The average molecular weight is 425 g/mol. The number of hydrogen-bond donors (Lipinski definition) is 0. The van der Waals surface area contributed by atoms with Gasteiger partial charge in [-0.3, -0.25) is 0 Å². The highest BCUT2D eigenvalue weighted by atomic mass is 14.8. The number of aromatic nitrogens is 2. The zero-order valence-electron chi connectivity index (χ0n) is 20.2. The molecule has 2 heteroatoms. The normalized spacial score (nSPS) is 11.5. The van der Waals surface area contributed by atoms with Crippen LogP contribution in [0.3, 0.4) is 0 Å². The maximum Gasteiger partial charge on any atom is 0.0928 e. The molecule has 0 aliphatic heterocycles. The van der Waals surface area contributed by atoms with Crippen molar-refractivity contribution in [1.82, 2.24) is 9.97 Å². The second-order valence-corrected chi connectivity index (χ2v) is 8.90. The topological polar surface area (TPSA) is 25.8 Å². The van der Waals surface area contributed by atoms with Gasteiger partial charge in [-0.25, -0.2) is 9.97 Å². The summed E-state index contributed by atoms with van der Waals surface area (Å²) in [5.74, 6) is 0. The monoisotopic (exact) mass is 424 g/mol. The van der Waals surface area contributed by atoms with Crippen LogP contribution in [0, 0.1) is 0 Å². The first-order valence-corrected chi connectivity index (χ1v) is 12.5. The lowest BCUT2D eigenvalue weighted by Crippen LogP contribution is -2.07. The largest absolute Gasteiger partial charge is 0.246 e. The number of aryl methyl sites for hydroxylation is 3. The van der Waals surface area contributed by atoms with Crippen LogP contribution in [-0.2, 0) is 25.7 Å². The van der Waals surface area contributed by atoms with E-state index >= 15 is 0 Å². The number of hydrogen-bond acceptors (Lipinski definition) is 2. The minimum atomic E-state index is 1.00. The fraction of sp³-hybridized carbons (Fsp3) is 0.400. The van der Waals surface area contributed by atoms with Crippen LogP contribution in [0.1, 0.15) is 75.6 Å². The third kappa shape index (κ3) is 4.28. The molecule has 2 heterocycles. The number of nitrogens with zero attached hydrogens (tertiary/aromatic N) is 2. The molecule has 0 aliphatic carbocycles. The molecule has 0 saturated heterocycles. The fourth-order valence-corrected chi connectivity index (χ4v) is 5.08. The maximum absolute atomic E-state index is 5.30. The van der Waals surface area contributed by atoms with Gasteiger partial charge in [0.05, 0.1) is 22.4 Å². The smallest absolute Gasteiger partial charge is 0.0928 e. The molecule has 0 N–H and O–H groups in total. The molecule has 2 aromatic heterocycles. The first kappa shape index (κ1) is 22.5. The van der Waals surface area contributed by atoms with E-state index in [2.05, 4.69) is 76.2 Å². The first-order chi connectivity index (χ1) is 15.7. The molecule has 0 fully saturated rings. The van der Waals surface area contributed by atoms with Crippen molar-refractivity contribution in [3.63, 3.8) is 0 Å². The van der Waals surface area contributed by atoms with Gasteiger partial charge in [0, 0.05) is 10.8 Å². The van der Waals surface area contributed by atoms with Gasteiger partial charge in [-0.2, -0.15) is 0 Å². The predicted octanol–water partition coefficient (Wildman–Crippen LogP) is 8.26. The van der Waals surface area contributed by atoms with Gasteiger partial charge < -0.3 is 0 Å². The van der Waals surface area contributed by atoms with Crippen LogP contribution >= 0.6 is 0 Å². The number of pyridine rings is 2. The minimum absolute atomic E-state index is 1.00. The first-order valence-electron chi connectivity index (χ1n) is 12.5. The Kier molecular flexibility index (Phi) is 7.19. The van der Waals surface area contributed by atoms with E-state index in [9.17, 15) is 0 Å². The number of benzene rings is 2. The second-order valence-electron chi connectivity index (χ2n) is 8.90. The molecule has 32 heavy (non-hydrogen) atoms. The highest BCUT2D eigenvalue weighted by Crippen LogP contribution is 2.35. The quantitative estimate of drug-likeness (QED) is 0.270. The molecule has 0 atom stereocenters. The zero-order valence-corrected chi connectivity index (χ0v) is 20.2. The Morgan fingerprint density at radius 3 is 2.00 bits per heavy atom. The van der Waals surface area contributed by atoms with Crippen LogP contribution in [0.2, 0.25) is 0 Å². The lowest BCUT2D eigenvalue weighted by Gasteiger charge is -2.21. The molecule has 166 valence electrons. The SMILES string of the molecule is CCCc1ccc2nc(-c3ccc4ccccc4n3)c(CCC)c(CCC)c2c1CCC. The van der Waals surface area contributed by atoms with Crippen LogP contribution in [0.5, 0.6) is 0 Å². The van der Waals surface area contributed by atoms with Crippen molar-refractivity contribution in [2.75, 3.05) is 0 Å². The van der Waals surface area contributed by atoms with Crippen LogP contribution < -0.4 is 0 Å². The van der Waals surface area contributed by atoms with Gasteiger partial charge in [-0.1, -0.05) is 83.7 Å². The van der Waals surface area contributed by atoms with Gasteiger partial charge in [0.15, 0.2) is 0 Å². The highest BCUT2D eigenvalue weighted by Gasteiger charge is 2.20. The molecule has 0 saturated carbocycles. The van der Waals surface area contributed by atoms with E-state index in [1.165, 1.54) is 45.9 Å². The summed E-state index contributed by atoms with van der Waals surface area (Å²) in [6.45, 7) is 9.15. The number of para-hydroxylation sites is 1. The second kappa shape index (κ2) is 10.3. The summed E-state index contributed by atoms with van der Waals surface area (Å²) in [5.41, 5.74) is 10.2. The molecule has 0 aliphatic rings. The Bertz CT molecular complexity index is 1220. The van der Waals surface area contributed by atoms with E-state index < -0.39 is 0 Å². The molecule has 0 unspecified atom stereocenters. The van der Waals surface area contributed by atoms with E-state index in [0.29, 0.717) is 0 Å². The van der Waals surface area contributed by atoms with Crippen molar-refractivity contribution in [3.8, 4) is 11.4 Å². The van der Waals surface area contributed by atoms with Crippen molar-refractivity contribution in [3.05, 3.63) is 70.8 Å². The van der Waals surface area contributed by atoms with E-state index in [-0.39, 0.29) is 0 Å². The van der Waals surface area contributed by atoms with E-state index in [0.717, 1.165) is 60.9 Å². The Hall–Kier alpha value is -2.74. The molecule has 4 rings (SSSR count). The molecule has 0 amide bonds. The standard InChI is InChI=1S/C30H36N2/c1-5-11-21-17-19-27-29(23(21)12-6-2)24(13-7-3)25(14-8-4)30(32-27)28-20-18-22-15-9-10-16-26(22)31-28/h9-10,15-20H,5-8,11-14H2,1-4H3. The molecule has 0 radical (unpaired) electrons. The van der Waals surface area contributed by atoms with E-state index in [4.69, 9.17) is 9.97 Å². The highest BCUT2D eigenvalue weighted by molar-refractivity contribution is 5.91. The molecule has 0 bridgehead atoms. The summed E-state index contributed by atoms with van der Waals surface area (Å²) in [7, 11) is 0. The van der Waals surface area contributed by atoms with Crippen molar-refractivity contribution in [2.45, 2.75) is 79.1 Å². The summed E-state index contributed by atoms with van der Waals surface area (Å²) in [6, 6.07) is 17.3. The predicted molar refractivity (Wildman–Crippen MR) is 138 cm³/mol. The Balaban J connectivity index is 2.04. The maximum atomic E-state index is 5.30. The van der Waals surface area contributed by atoms with Gasteiger partial charge in [0.1, 0.15) is 0 Å². The van der Waals surface area contributed by atoms with E-state index in [1.807, 2.05) is 0 Å². The molecular weight excluding hydrogens is 388 g/mol. The Labute approximate surface area is 193 Å². The summed E-state index contributed by atoms with van der Waals surface area (Å²) in [6.07, 6.45) is 9.02. The summed E-state index contributed by atoms with van der Waals surface area (Å²) in [4.78, 5) is 10.3. The van der Waals surface area contributed by atoms with Crippen LogP contribution in [0.4, 0.5) is 0 Å². The third-order valence-corrected chi connectivity index (χ3v) is 6.43. The molecule has 4 aromatic rings. The van der Waals surface area contributed by atoms with Gasteiger partial charge in [0.2, 0.25) is 0 Å². The van der Waals surface area contributed by atoms with Crippen molar-refractivity contribution in [1.29, 1.82) is 0 Å². The fourth-order valence-electron chi connectivity index (χ4n) is 5.08. The number of fused-ring (bicyclic) bond motifs is 2. The van der Waals surface area contributed by atoms with Crippen LogP contribution in [-0.4, -0.2) is 9.97 Å². The lowest BCUT2D eigenvalue weighted by molar-refractivity contribution is 0.849. The van der Waals surface area contributed by atoms with Crippen molar-refractivity contribution in [2.24, 2.45) is 0 Å². The zero-order chi connectivity index (χ0) is 22.5. The van der Waals surface area contributed by atoms with Crippen LogP contribution in [0.15, 0.2) is 48.5 Å². The lowest BCUT2D eigenvalue weighted by atomic mass is 9.87. The van der Waals surface area contributed by atoms with Crippen molar-refractivity contribution < 1.29 is 0 Å². The van der Waals surface area contributed by atoms with Crippen molar-refractivity contribution >= 4 is 21.8 Å². The van der Waals surface area contributed by atoms with Crippen LogP contribution in [0.25, 0.3) is 33.2 Å². The summed E-state index contributed by atoms with van der Waals surface area (Å²) in [5, 5.41) is 2.62. The average Bonchev–Trinajstić information content (AvgIpc) is 2.81. The molecular formula is C30H36N2. The molecule has 2 nitrogen and oxygen atoms in total. The summed E-state index contributed by atoms with van der Waals surface area (Å²) < 4.78 is 0. The van der Waals surface area contributed by atoms with Gasteiger partial charge in [-0.05, 0) is 66.1 Å². The molecule has 2 aromatic carbocycles. The number of rotatable bonds is 9. The molecule has 0 spiro atoms. The minimum Gasteiger partial charge on any atom is -0.246 e. The summed E-state index contributed by atoms with van der Waals surface area (Å²) >= 11 is 0. The van der Waals surface area contributed by atoms with Gasteiger partial charge >= 0.3 is 0 Å². The Morgan fingerprint density at radius 1 is 0.562 bits per heavy atom. The van der Waals surface area contributed by atoms with Gasteiger partial charge in [0.25, 0.3) is 0 Å². The van der Waals surface area contributed by atoms with Gasteiger partial charge in [-0.15, -0.1) is 0 Å². The third-order valence-electron chi connectivity index (χ3n) is 6.43. The van der Waals surface area contributed by atoms with E-state index in [1.54, 1.807) is 0 Å².